The summed E-state index contributed by atoms with van der Waals surface area (Å²) >= 11 is 0. The Bertz CT molecular complexity index is 1150. The normalized spacial score (nSPS) is 11.9. The third kappa shape index (κ3) is 6.61. The number of carboxylic acid groups (broad SMARTS) is 2. The Labute approximate surface area is 218 Å². The minimum Gasteiger partial charge on any atom is -0.508 e. The lowest BCUT2D eigenvalue weighted by Crippen LogP contribution is -2.45. The predicted molar refractivity (Wildman–Crippen MR) is 147 cm³/mol. The van der Waals surface area contributed by atoms with Crippen molar-refractivity contribution in [1.29, 1.82) is 0 Å². The van der Waals surface area contributed by atoms with Crippen molar-refractivity contribution in [3.05, 3.63) is 89.5 Å². The van der Waals surface area contributed by atoms with Gasteiger partial charge in [0.1, 0.15) is 5.75 Å². The van der Waals surface area contributed by atoms with E-state index in [9.17, 15) is 24.9 Å². The molecule has 0 bridgehead atoms. The van der Waals surface area contributed by atoms with Crippen molar-refractivity contribution in [2.75, 3.05) is 9.80 Å². The van der Waals surface area contributed by atoms with Gasteiger partial charge in [-0.15, -0.1) is 0 Å². The molecule has 3 N–H and O–H groups in total. The monoisotopic (exact) mass is 504 g/mol. The number of nitrogens with zero attached hydrogens (tertiary/aromatic N) is 2. The molecule has 0 aliphatic carbocycles. The number of anilines is 2. The van der Waals surface area contributed by atoms with Gasteiger partial charge in [-0.3, -0.25) is 9.80 Å². The topological polar surface area (TPSA) is 101 Å². The van der Waals surface area contributed by atoms with Crippen LogP contribution in [-0.4, -0.2) is 38.6 Å². The molecule has 0 saturated carbocycles. The van der Waals surface area contributed by atoms with E-state index in [1.165, 1.54) is 9.80 Å². The average Bonchev–Trinajstić information content (AvgIpc) is 2.78. The van der Waals surface area contributed by atoms with Crippen LogP contribution in [0.3, 0.4) is 0 Å². The Balaban J connectivity index is 2.02. The van der Waals surface area contributed by atoms with Crippen molar-refractivity contribution in [2.24, 2.45) is 0 Å². The number of phenolic OH excluding ortho intramolecular Hbond substituents is 1. The molecule has 0 aliphatic heterocycles. The van der Waals surface area contributed by atoms with Gasteiger partial charge in [-0.25, -0.2) is 9.59 Å². The summed E-state index contributed by atoms with van der Waals surface area (Å²) in [5.74, 6) is 0.120. The molecule has 196 valence electrons. The van der Waals surface area contributed by atoms with Gasteiger partial charge in [-0.2, -0.15) is 0 Å². The molecule has 3 aromatic carbocycles. The maximum atomic E-state index is 11.9. The maximum Gasteiger partial charge on any atom is 0.412 e. The number of amides is 2. The fourth-order valence-electron chi connectivity index (χ4n) is 4.58. The fraction of sp³-hybridized carbons (Fsp3) is 0.333. The Hall–Kier alpha value is -4.00. The summed E-state index contributed by atoms with van der Waals surface area (Å²) in [5, 5.41) is 29.2. The molecule has 37 heavy (non-hydrogen) atoms. The summed E-state index contributed by atoms with van der Waals surface area (Å²) in [6, 6.07) is 22.1. The highest BCUT2D eigenvalue weighted by Crippen LogP contribution is 2.34. The summed E-state index contributed by atoms with van der Waals surface area (Å²) in [5.41, 5.74) is 2.99. The van der Waals surface area contributed by atoms with Crippen molar-refractivity contribution in [3.63, 3.8) is 0 Å². The van der Waals surface area contributed by atoms with E-state index in [0.29, 0.717) is 17.8 Å². The molecule has 0 fully saturated rings. The van der Waals surface area contributed by atoms with Gasteiger partial charge in [0.15, 0.2) is 0 Å². The number of benzene rings is 3. The van der Waals surface area contributed by atoms with Crippen LogP contribution < -0.4 is 9.80 Å². The maximum absolute atomic E-state index is 11.9. The Morgan fingerprint density at radius 2 is 1.00 bits per heavy atom. The first-order valence-electron chi connectivity index (χ1n) is 12.2. The molecular formula is C30H36N2O5. The van der Waals surface area contributed by atoms with E-state index in [0.717, 1.165) is 16.7 Å². The van der Waals surface area contributed by atoms with Gasteiger partial charge in [0.05, 0.1) is 0 Å². The number of rotatable bonds is 6. The number of aromatic hydroxyl groups is 1. The van der Waals surface area contributed by atoms with Crippen molar-refractivity contribution in [2.45, 2.75) is 65.0 Å². The third-order valence-electron chi connectivity index (χ3n) is 6.21. The molecule has 0 aromatic heterocycles. The third-order valence-corrected chi connectivity index (χ3v) is 6.21. The zero-order chi connectivity index (χ0) is 27.5. The van der Waals surface area contributed by atoms with E-state index in [1.807, 2.05) is 102 Å². The second kappa shape index (κ2) is 10.5. The number of hydrogen-bond acceptors (Lipinski definition) is 3. The van der Waals surface area contributed by atoms with Crippen LogP contribution in [-0.2, 0) is 6.42 Å². The van der Waals surface area contributed by atoms with E-state index < -0.39 is 23.3 Å². The number of carbonyl (C=O) groups is 2. The van der Waals surface area contributed by atoms with Gasteiger partial charge < -0.3 is 15.3 Å². The highest BCUT2D eigenvalue weighted by Gasteiger charge is 2.29. The lowest BCUT2D eigenvalue weighted by molar-refractivity contribution is 0.194. The smallest absolute Gasteiger partial charge is 0.412 e. The number of phenols is 1. The first-order valence-corrected chi connectivity index (χ1v) is 12.2. The molecule has 0 unspecified atom stereocenters. The van der Waals surface area contributed by atoms with E-state index in [2.05, 4.69) is 0 Å². The van der Waals surface area contributed by atoms with Gasteiger partial charge >= 0.3 is 12.2 Å². The van der Waals surface area contributed by atoms with E-state index in [4.69, 9.17) is 0 Å². The highest BCUT2D eigenvalue weighted by atomic mass is 16.4. The molecule has 0 spiro atoms. The minimum absolute atomic E-state index is 0.0755. The van der Waals surface area contributed by atoms with Crippen molar-refractivity contribution in [3.8, 4) is 5.75 Å². The largest absolute Gasteiger partial charge is 0.508 e. The molecule has 7 nitrogen and oxygen atoms in total. The Kier molecular flexibility index (Phi) is 7.86. The van der Waals surface area contributed by atoms with E-state index in [-0.39, 0.29) is 11.7 Å². The van der Waals surface area contributed by atoms with Crippen LogP contribution in [0.4, 0.5) is 21.0 Å². The lowest BCUT2D eigenvalue weighted by atomic mass is 9.85. The van der Waals surface area contributed by atoms with Crippen LogP contribution in [0.15, 0.2) is 72.8 Å². The minimum atomic E-state index is -1.02. The Morgan fingerprint density at radius 1 is 0.649 bits per heavy atom. The number of hydrogen-bond donors (Lipinski definition) is 3. The zero-order valence-electron chi connectivity index (χ0n) is 22.3. The van der Waals surface area contributed by atoms with Gasteiger partial charge in [0.25, 0.3) is 0 Å². The highest BCUT2D eigenvalue weighted by molar-refractivity contribution is 5.88. The molecule has 0 radical (unpaired) electrons. The second-order valence-corrected chi connectivity index (χ2v) is 11.2. The summed E-state index contributed by atoms with van der Waals surface area (Å²) in [6.45, 7) is 11.1. The van der Waals surface area contributed by atoms with E-state index >= 15 is 0 Å². The van der Waals surface area contributed by atoms with Gasteiger partial charge in [0.2, 0.25) is 0 Å². The standard InChI is InChI=1S/C30H36N2O5/c1-29(2,3)31(27(34)35)23-13-9-21(10-14-23)26(19-20-7-17-25(33)18-8-20)22-11-15-24(16-12-22)32(28(36)37)30(4,5)6/h7-18,26,33H,19H2,1-6H3,(H,34,35)(H,36,37). The summed E-state index contributed by atoms with van der Waals surface area (Å²) < 4.78 is 0. The van der Waals surface area contributed by atoms with Crippen LogP contribution in [0.1, 0.15) is 64.2 Å². The molecule has 0 atom stereocenters. The summed E-state index contributed by atoms with van der Waals surface area (Å²) in [4.78, 5) is 26.5. The molecule has 3 aromatic rings. The van der Waals surface area contributed by atoms with Crippen LogP contribution >= 0.6 is 0 Å². The fourth-order valence-corrected chi connectivity index (χ4v) is 4.58. The van der Waals surface area contributed by atoms with Crippen LogP contribution in [0.2, 0.25) is 0 Å². The van der Waals surface area contributed by atoms with Crippen LogP contribution in [0, 0.1) is 0 Å². The van der Waals surface area contributed by atoms with Crippen molar-refractivity contribution < 1.29 is 24.9 Å². The first-order chi connectivity index (χ1) is 17.2. The van der Waals surface area contributed by atoms with Crippen molar-refractivity contribution in [1.82, 2.24) is 0 Å². The first kappa shape index (κ1) is 27.6. The van der Waals surface area contributed by atoms with Gasteiger partial charge in [-0.1, -0.05) is 36.4 Å². The quantitative estimate of drug-likeness (QED) is 0.326. The second-order valence-electron chi connectivity index (χ2n) is 11.2. The van der Waals surface area contributed by atoms with Gasteiger partial charge in [0, 0.05) is 28.4 Å². The van der Waals surface area contributed by atoms with Crippen LogP contribution in [0.5, 0.6) is 5.75 Å². The molecule has 2 amide bonds. The SMILES string of the molecule is CC(C)(C)N(C(=O)O)c1ccc(C(Cc2ccc(O)cc2)c2ccc(N(C(=O)O)C(C)(C)C)cc2)cc1. The lowest BCUT2D eigenvalue weighted by Gasteiger charge is -2.33. The van der Waals surface area contributed by atoms with Crippen molar-refractivity contribution >= 4 is 23.6 Å². The molecule has 0 heterocycles. The summed E-state index contributed by atoms with van der Waals surface area (Å²) in [7, 11) is 0. The van der Waals surface area contributed by atoms with Gasteiger partial charge in [-0.05, 0) is 101 Å². The summed E-state index contributed by atoms with van der Waals surface area (Å²) in [6.07, 6.45) is -1.39. The van der Waals surface area contributed by atoms with E-state index in [1.54, 1.807) is 12.1 Å². The Morgan fingerprint density at radius 3 is 1.30 bits per heavy atom. The molecule has 3 rings (SSSR count). The van der Waals surface area contributed by atoms with Crippen LogP contribution in [0.25, 0.3) is 0 Å². The molecule has 7 heteroatoms. The average molecular weight is 505 g/mol. The zero-order valence-corrected chi connectivity index (χ0v) is 22.3. The molecular weight excluding hydrogens is 468 g/mol. The molecule has 0 aliphatic rings. The predicted octanol–water partition coefficient (Wildman–Crippen LogP) is 7.33. The molecule has 0 saturated heterocycles.